The number of halogens is 1. The molecule has 2 rings (SSSR count). The highest BCUT2D eigenvalue weighted by molar-refractivity contribution is 9.10. The summed E-state index contributed by atoms with van der Waals surface area (Å²) in [4.78, 5) is 22.9. The predicted octanol–water partition coefficient (Wildman–Crippen LogP) is 3.62. The number of aldehydes is 1. The molecule has 0 aliphatic carbocycles. The molecule has 0 radical (unpaired) electrons. The van der Waals surface area contributed by atoms with Crippen LogP contribution in [0.4, 0.5) is 0 Å². The molecular weight excluding hydrogens is 308 g/mol. The van der Waals surface area contributed by atoms with Gasteiger partial charge in [0.2, 0.25) is 0 Å². The third-order valence-corrected chi connectivity index (χ3v) is 3.29. The van der Waals surface area contributed by atoms with Crippen molar-refractivity contribution in [2.75, 3.05) is 0 Å². The van der Waals surface area contributed by atoms with Gasteiger partial charge in [0.1, 0.15) is 6.61 Å². The molecule has 0 atom stereocenters. The summed E-state index contributed by atoms with van der Waals surface area (Å²) in [5.41, 5.74) is 1.47. The number of hydrogen-bond acceptors (Lipinski definition) is 3. The van der Waals surface area contributed by atoms with Gasteiger partial charge >= 0.3 is 5.97 Å². The molecule has 2 aromatic rings. The van der Waals surface area contributed by atoms with Gasteiger partial charge in [-0.2, -0.15) is 0 Å². The van der Waals surface area contributed by atoms with E-state index >= 15 is 0 Å². The Kier molecular flexibility index (Phi) is 4.47. The van der Waals surface area contributed by atoms with E-state index in [9.17, 15) is 9.59 Å². The molecule has 3 nitrogen and oxygen atoms in total. The molecule has 19 heavy (non-hydrogen) atoms. The number of ether oxygens (including phenoxy) is 1. The lowest BCUT2D eigenvalue weighted by Crippen LogP contribution is -2.08. The number of carbonyl (C=O) groups excluding carboxylic acids is 2. The van der Waals surface area contributed by atoms with Gasteiger partial charge in [-0.15, -0.1) is 0 Å². The van der Waals surface area contributed by atoms with Crippen LogP contribution in [0.15, 0.2) is 53.0 Å². The highest BCUT2D eigenvalue weighted by Crippen LogP contribution is 2.19. The third-order valence-electron chi connectivity index (χ3n) is 2.60. The average Bonchev–Trinajstić information content (AvgIpc) is 2.45. The van der Waals surface area contributed by atoms with Gasteiger partial charge in [-0.05, 0) is 17.7 Å². The predicted molar refractivity (Wildman–Crippen MR) is 75.1 cm³/mol. The first-order chi connectivity index (χ1) is 9.22. The topological polar surface area (TPSA) is 43.4 Å². The Labute approximate surface area is 119 Å². The smallest absolute Gasteiger partial charge is 0.339 e. The average molecular weight is 319 g/mol. The van der Waals surface area contributed by atoms with Crippen molar-refractivity contribution < 1.29 is 14.3 Å². The minimum absolute atomic E-state index is 0.185. The molecule has 0 spiro atoms. The molecular formula is C15H11BrO3. The van der Waals surface area contributed by atoms with Crippen LogP contribution in [-0.4, -0.2) is 12.3 Å². The minimum atomic E-state index is -0.507. The first-order valence-electron chi connectivity index (χ1n) is 5.67. The number of hydrogen-bond donors (Lipinski definition) is 0. The second kappa shape index (κ2) is 6.29. The van der Waals surface area contributed by atoms with Crippen molar-refractivity contribution in [3.05, 3.63) is 69.7 Å². The van der Waals surface area contributed by atoms with E-state index in [0.717, 1.165) is 5.56 Å². The molecule has 0 aliphatic rings. The van der Waals surface area contributed by atoms with Gasteiger partial charge in [-0.3, -0.25) is 4.79 Å². The van der Waals surface area contributed by atoms with Gasteiger partial charge < -0.3 is 4.74 Å². The van der Waals surface area contributed by atoms with E-state index in [0.29, 0.717) is 16.3 Å². The van der Waals surface area contributed by atoms with E-state index in [2.05, 4.69) is 15.9 Å². The lowest BCUT2D eigenvalue weighted by molar-refractivity contribution is 0.0470. The molecule has 0 saturated heterocycles. The van der Waals surface area contributed by atoms with Crippen LogP contribution in [0.25, 0.3) is 0 Å². The van der Waals surface area contributed by atoms with Crippen LogP contribution in [0.5, 0.6) is 0 Å². The molecule has 0 aliphatic heterocycles. The Bertz CT molecular complexity index is 594. The molecule has 0 heterocycles. The summed E-state index contributed by atoms with van der Waals surface area (Å²) in [6.45, 7) is 0.185. The summed E-state index contributed by atoms with van der Waals surface area (Å²) in [7, 11) is 0. The van der Waals surface area contributed by atoms with Crippen LogP contribution in [-0.2, 0) is 11.3 Å². The number of carbonyl (C=O) groups is 2. The van der Waals surface area contributed by atoms with Crippen molar-refractivity contribution >= 4 is 28.2 Å². The van der Waals surface area contributed by atoms with Crippen LogP contribution < -0.4 is 0 Å². The summed E-state index contributed by atoms with van der Waals surface area (Å²) in [5.74, 6) is -0.507. The van der Waals surface area contributed by atoms with E-state index in [4.69, 9.17) is 4.74 Å². The summed E-state index contributed by atoms with van der Waals surface area (Å²) >= 11 is 3.23. The first kappa shape index (κ1) is 13.5. The molecule has 0 bridgehead atoms. The molecule has 0 amide bonds. The lowest BCUT2D eigenvalue weighted by atomic mass is 10.1. The Hall–Kier alpha value is -1.94. The van der Waals surface area contributed by atoms with E-state index < -0.39 is 5.97 Å². The van der Waals surface area contributed by atoms with Gasteiger partial charge in [0.05, 0.1) is 5.56 Å². The van der Waals surface area contributed by atoms with Crippen LogP contribution in [0.2, 0.25) is 0 Å². The molecule has 0 unspecified atom stereocenters. The molecule has 0 saturated carbocycles. The Morgan fingerprint density at radius 3 is 2.53 bits per heavy atom. The van der Waals surface area contributed by atoms with Gasteiger partial charge in [0, 0.05) is 10.0 Å². The fourth-order valence-electron chi connectivity index (χ4n) is 1.64. The molecule has 96 valence electrons. The van der Waals surface area contributed by atoms with Crippen LogP contribution in [0.1, 0.15) is 26.3 Å². The van der Waals surface area contributed by atoms with Gasteiger partial charge in [0.25, 0.3) is 0 Å². The first-order valence-corrected chi connectivity index (χ1v) is 6.46. The van der Waals surface area contributed by atoms with E-state index in [-0.39, 0.29) is 12.2 Å². The normalized spacial score (nSPS) is 9.95. The molecule has 0 aromatic heterocycles. The Morgan fingerprint density at radius 1 is 1.11 bits per heavy atom. The molecule has 0 fully saturated rings. The largest absolute Gasteiger partial charge is 0.457 e. The highest BCUT2D eigenvalue weighted by Gasteiger charge is 2.14. The zero-order valence-electron chi connectivity index (χ0n) is 10.0. The van der Waals surface area contributed by atoms with Crippen molar-refractivity contribution in [2.24, 2.45) is 0 Å². The van der Waals surface area contributed by atoms with Crippen LogP contribution in [0.3, 0.4) is 0 Å². The maximum Gasteiger partial charge on any atom is 0.339 e. The summed E-state index contributed by atoms with van der Waals surface area (Å²) in [6.07, 6.45) is 0.642. The Balaban J connectivity index is 2.13. The summed E-state index contributed by atoms with van der Waals surface area (Å²) < 4.78 is 5.77. The van der Waals surface area contributed by atoms with Crippen molar-refractivity contribution in [2.45, 2.75) is 6.61 Å². The SMILES string of the molecule is O=Cc1c(Br)cccc1C(=O)OCc1ccccc1. The quantitative estimate of drug-likeness (QED) is 0.638. The lowest BCUT2D eigenvalue weighted by Gasteiger charge is -2.07. The summed E-state index contributed by atoms with van der Waals surface area (Å²) in [6, 6.07) is 14.3. The van der Waals surface area contributed by atoms with Crippen molar-refractivity contribution in [3.63, 3.8) is 0 Å². The van der Waals surface area contributed by atoms with E-state index in [1.807, 2.05) is 30.3 Å². The third kappa shape index (κ3) is 3.29. The fourth-order valence-corrected chi connectivity index (χ4v) is 2.10. The van der Waals surface area contributed by atoms with Crippen LogP contribution in [0, 0.1) is 0 Å². The monoisotopic (exact) mass is 318 g/mol. The second-order valence-corrected chi connectivity index (χ2v) is 4.73. The van der Waals surface area contributed by atoms with Crippen molar-refractivity contribution in [3.8, 4) is 0 Å². The van der Waals surface area contributed by atoms with E-state index in [1.165, 1.54) is 0 Å². The van der Waals surface area contributed by atoms with Crippen molar-refractivity contribution in [1.82, 2.24) is 0 Å². The molecule has 0 N–H and O–H groups in total. The number of rotatable bonds is 4. The van der Waals surface area contributed by atoms with Crippen molar-refractivity contribution in [1.29, 1.82) is 0 Å². The maximum atomic E-state index is 11.9. The molecule has 2 aromatic carbocycles. The van der Waals surface area contributed by atoms with E-state index in [1.54, 1.807) is 18.2 Å². The Morgan fingerprint density at radius 2 is 1.84 bits per heavy atom. The number of benzene rings is 2. The highest BCUT2D eigenvalue weighted by atomic mass is 79.9. The standard InChI is InChI=1S/C15H11BrO3/c16-14-8-4-7-12(13(14)9-17)15(18)19-10-11-5-2-1-3-6-11/h1-9H,10H2. The zero-order valence-corrected chi connectivity index (χ0v) is 11.6. The minimum Gasteiger partial charge on any atom is -0.457 e. The molecule has 4 heteroatoms. The second-order valence-electron chi connectivity index (χ2n) is 3.88. The summed E-state index contributed by atoms with van der Waals surface area (Å²) in [5, 5.41) is 0. The number of esters is 1. The van der Waals surface area contributed by atoms with Gasteiger partial charge in [0.15, 0.2) is 6.29 Å². The van der Waals surface area contributed by atoms with Gasteiger partial charge in [-0.25, -0.2) is 4.79 Å². The zero-order chi connectivity index (χ0) is 13.7. The van der Waals surface area contributed by atoms with Gasteiger partial charge in [-0.1, -0.05) is 52.3 Å². The fraction of sp³-hybridized carbons (Fsp3) is 0.0667. The van der Waals surface area contributed by atoms with Crippen LogP contribution >= 0.6 is 15.9 Å². The maximum absolute atomic E-state index is 11.9.